The molecule has 0 saturated carbocycles. The average molecular weight is 341 g/mol. The first kappa shape index (κ1) is 16.5. The van der Waals surface area contributed by atoms with Gasteiger partial charge in [-0.25, -0.2) is 4.98 Å². The van der Waals surface area contributed by atoms with Crippen molar-refractivity contribution in [3.8, 4) is 5.88 Å². The number of amides is 1. The minimum atomic E-state index is -1.34. The fraction of sp³-hybridized carbons (Fsp3) is 0.200. The molecule has 0 aliphatic carbocycles. The molecule has 2 rings (SSSR count). The summed E-state index contributed by atoms with van der Waals surface area (Å²) in [5.74, 6) is -0.0576. The van der Waals surface area contributed by atoms with E-state index in [2.05, 4.69) is 10.3 Å². The number of rotatable bonds is 5. The minimum Gasteiger partial charge on any atom is -0.481 e. The summed E-state index contributed by atoms with van der Waals surface area (Å²) >= 11 is 11.7. The van der Waals surface area contributed by atoms with Crippen LogP contribution in [0.4, 0.5) is 0 Å². The van der Waals surface area contributed by atoms with Gasteiger partial charge in [0.25, 0.3) is 5.91 Å². The molecule has 1 atom stereocenters. The molecule has 2 aromatic rings. The van der Waals surface area contributed by atoms with Crippen LogP contribution in [0.2, 0.25) is 10.0 Å². The average Bonchev–Trinajstić information content (AvgIpc) is 2.51. The smallest absolute Gasteiger partial charge is 0.253 e. The molecule has 22 heavy (non-hydrogen) atoms. The number of pyridine rings is 1. The summed E-state index contributed by atoms with van der Waals surface area (Å²) in [6.07, 6.45) is 0.240. The Morgan fingerprint density at radius 1 is 1.32 bits per heavy atom. The van der Waals surface area contributed by atoms with Crippen molar-refractivity contribution in [3.05, 3.63) is 57.7 Å². The SMILES string of the molecule is COc1ccc(CNC(=O)C(O)c2cc(Cl)cc(Cl)c2)cn1. The number of nitrogens with zero attached hydrogens (tertiary/aromatic N) is 1. The molecular formula is C15H14Cl2N2O3. The van der Waals surface area contributed by atoms with Crippen LogP contribution in [0.25, 0.3) is 0 Å². The number of halogens is 2. The molecule has 0 aliphatic rings. The van der Waals surface area contributed by atoms with Gasteiger partial charge in [0.05, 0.1) is 7.11 Å². The second-order valence-electron chi connectivity index (χ2n) is 4.53. The van der Waals surface area contributed by atoms with Crippen molar-refractivity contribution in [2.45, 2.75) is 12.6 Å². The van der Waals surface area contributed by atoms with E-state index in [0.29, 0.717) is 21.5 Å². The molecule has 116 valence electrons. The second kappa shape index (κ2) is 7.45. The maximum Gasteiger partial charge on any atom is 0.253 e. The lowest BCUT2D eigenvalue weighted by molar-refractivity contribution is -0.129. The highest BCUT2D eigenvalue weighted by Crippen LogP contribution is 2.23. The van der Waals surface area contributed by atoms with Crippen LogP contribution in [-0.4, -0.2) is 23.1 Å². The first-order valence-corrected chi connectivity index (χ1v) is 7.16. The van der Waals surface area contributed by atoms with E-state index in [9.17, 15) is 9.90 Å². The number of hydrogen-bond donors (Lipinski definition) is 2. The Morgan fingerprint density at radius 2 is 2.00 bits per heavy atom. The van der Waals surface area contributed by atoms with Gasteiger partial charge in [-0.05, 0) is 29.3 Å². The van der Waals surface area contributed by atoms with Gasteiger partial charge in [-0.15, -0.1) is 0 Å². The Kier molecular flexibility index (Phi) is 5.60. The first-order chi connectivity index (χ1) is 10.5. The van der Waals surface area contributed by atoms with Crippen molar-refractivity contribution in [2.24, 2.45) is 0 Å². The van der Waals surface area contributed by atoms with Crippen LogP contribution in [-0.2, 0) is 11.3 Å². The van der Waals surface area contributed by atoms with Crippen LogP contribution in [0.15, 0.2) is 36.5 Å². The summed E-state index contributed by atoms with van der Waals surface area (Å²) in [5.41, 5.74) is 1.12. The zero-order valence-electron chi connectivity index (χ0n) is 11.7. The van der Waals surface area contributed by atoms with Crippen LogP contribution >= 0.6 is 23.2 Å². The number of carbonyl (C=O) groups excluding carboxylic acids is 1. The third kappa shape index (κ3) is 4.34. The van der Waals surface area contributed by atoms with Crippen LogP contribution in [0.3, 0.4) is 0 Å². The summed E-state index contributed by atoms with van der Waals surface area (Å²) in [7, 11) is 1.52. The van der Waals surface area contributed by atoms with Crippen LogP contribution < -0.4 is 10.1 Å². The molecule has 1 unspecified atom stereocenters. The van der Waals surface area contributed by atoms with Gasteiger partial charge in [0.2, 0.25) is 5.88 Å². The van der Waals surface area contributed by atoms with Gasteiger partial charge in [-0.2, -0.15) is 0 Å². The molecule has 1 heterocycles. The van der Waals surface area contributed by atoms with Crippen molar-refractivity contribution in [1.29, 1.82) is 0 Å². The molecule has 0 fully saturated rings. The van der Waals surface area contributed by atoms with Crippen molar-refractivity contribution in [1.82, 2.24) is 10.3 Å². The van der Waals surface area contributed by atoms with E-state index in [4.69, 9.17) is 27.9 Å². The maximum atomic E-state index is 12.0. The third-order valence-corrected chi connectivity index (χ3v) is 3.36. The summed E-state index contributed by atoms with van der Waals surface area (Å²) in [5, 5.41) is 13.4. The Bertz CT molecular complexity index is 642. The number of aliphatic hydroxyl groups is 1. The Hall–Kier alpha value is -1.82. The second-order valence-corrected chi connectivity index (χ2v) is 5.40. The number of carbonyl (C=O) groups is 1. The minimum absolute atomic E-state index is 0.237. The van der Waals surface area contributed by atoms with Gasteiger partial charge in [0, 0.05) is 28.9 Å². The molecular weight excluding hydrogens is 327 g/mol. The number of methoxy groups -OCH3 is 1. The van der Waals surface area contributed by atoms with E-state index in [0.717, 1.165) is 5.56 Å². The molecule has 0 aliphatic heterocycles. The Labute approximate surface area is 137 Å². The van der Waals surface area contributed by atoms with Gasteiger partial charge in [-0.1, -0.05) is 29.3 Å². The number of aliphatic hydroxyl groups excluding tert-OH is 1. The molecule has 0 spiro atoms. The zero-order valence-corrected chi connectivity index (χ0v) is 13.2. The van der Waals surface area contributed by atoms with Crippen LogP contribution in [0, 0.1) is 0 Å². The lowest BCUT2D eigenvalue weighted by Gasteiger charge is -2.12. The quantitative estimate of drug-likeness (QED) is 0.877. The molecule has 0 saturated heterocycles. The molecule has 2 N–H and O–H groups in total. The summed E-state index contributed by atoms with van der Waals surface area (Å²) in [6.45, 7) is 0.237. The van der Waals surface area contributed by atoms with E-state index >= 15 is 0 Å². The van der Waals surface area contributed by atoms with Crippen LogP contribution in [0.1, 0.15) is 17.2 Å². The van der Waals surface area contributed by atoms with Gasteiger partial charge < -0.3 is 15.2 Å². The van der Waals surface area contributed by atoms with E-state index in [1.54, 1.807) is 18.3 Å². The van der Waals surface area contributed by atoms with Crippen molar-refractivity contribution >= 4 is 29.1 Å². The summed E-state index contributed by atoms with van der Waals surface area (Å²) < 4.78 is 4.95. The highest BCUT2D eigenvalue weighted by Gasteiger charge is 2.18. The number of hydrogen-bond acceptors (Lipinski definition) is 4. The molecule has 0 radical (unpaired) electrons. The lowest BCUT2D eigenvalue weighted by Crippen LogP contribution is -2.28. The van der Waals surface area contributed by atoms with Gasteiger partial charge >= 0.3 is 0 Å². The molecule has 0 bridgehead atoms. The van der Waals surface area contributed by atoms with Crippen molar-refractivity contribution in [3.63, 3.8) is 0 Å². The van der Waals surface area contributed by atoms with E-state index in [-0.39, 0.29) is 6.54 Å². The van der Waals surface area contributed by atoms with Gasteiger partial charge in [-0.3, -0.25) is 4.79 Å². The highest BCUT2D eigenvalue weighted by atomic mass is 35.5. The van der Waals surface area contributed by atoms with Gasteiger partial charge in [0.1, 0.15) is 0 Å². The molecule has 5 nitrogen and oxygen atoms in total. The zero-order chi connectivity index (χ0) is 16.1. The number of aromatic nitrogens is 1. The Balaban J connectivity index is 1.98. The predicted molar refractivity (Wildman–Crippen MR) is 84.1 cm³/mol. The topological polar surface area (TPSA) is 71.5 Å². The fourth-order valence-electron chi connectivity index (χ4n) is 1.81. The Morgan fingerprint density at radius 3 is 2.55 bits per heavy atom. The third-order valence-electron chi connectivity index (χ3n) is 2.92. The fourth-order valence-corrected chi connectivity index (χ4v) is 2.35. The largest absolute Gasteiger partial charge is 0.481 e. The monoisotopic (exact) mass is 340 g/mol. The number of benzene rings is 1. The first-order valence-electron chi connectivity index (χ1n) is 6.40. The standard InChI is InChI=1S/C15H14Cl2N2O3/c1-22-13-3-2-9(7-18-13)8-19-15(21)14(20)10-4-11(16)6-12(17)5-10/h2-7,14,20H,8H2,1H3,(H,19,21). The predicted octanol–water partition coefficient (Wildman–Crippen LogP) is 2.75. The highest BCUT2D eigenvalue weighted by molar-refractivity contribution is 6.34. The van der Waals surface area contributed by atoms with Crippen molar-refractivity contribution < 1.29 is 14.6 Å². The molecule has 7 heteroatoms. The van der Waals surface area contributed by atoms with E-state index in [1.165, 1.54) is 25.3 Å². The maximum absolute atomic E-state index is 12.0. The summed E-state index contributed by atoms with van der Waals surface area (Å²) in [6, 6.07) is 7.98. The van der Waals surface area contributed by atoms with E-state index < -0.39 is 12.0 Å². The van der Waals surface area contributed by atoms with Crippen molar-refractivity contribution in [2.75, 3.05) is 7.11 Å². The number of nitrogens with one attached hydrogen (secondary N) is 1. The normalized spacial score (nSPS) is 11.8. The molecule has 1 aromatic heterocycles. The summed E-state index contributed by atoms with van der Waals surface area (Å²) in [4.78, 5) is 16.0. The molecule has 1 amide bonds. The lowest BCUT2D eigenvalue weighted by atomic mass is 10.1. The molecule has 1 aromatic carbocycles. The number of ether oxygens (including phenoxy) is 1. The van der Waals surface area contributed by atoms with Gasteiger partial charge in [0.15, 0.2) is 6.10 Å². The van der Waals surface area contributed by atoms with Crippen LogP contribution in [0.5, 0.6) is 5.88 Å². The van der Waals surface area contributed by atoms with E-state index in [1.807, 2.05) is 0 Å².